The van der Waals surface area contributed by atoms with Crippen molar-refractivity contribution in [3.05, 3.63) is 90.0 Å². The van der Waals surface area contributed by atoms with Crippen LogP contribution < -0.4 is 4.74 Å². The summed E-state index contributed by atoms with van der Waals surface area (Å²) in [6, 6.07) is 26.5. The number of hydrogen-bond donors (Lipinski definition) is 0. The Morgan fingerprint density at radius 1 is 0.778 bits per heavy atom. The van der Waals surface area contributed by atoms with Crippen molar-refractivity contribution >= 4 is 11.9 Å². The third-order valence-electron chi connectivity index (χ3n) is 8.10. The highest BCUT2D eigenvalue weighted by atomic mass is 16.6. The molecule has 2 atom stereocenters. The fraction of sp³-hybridized carbons (Fsp3) is 0.355. The van der Waals surface area contributed by atoms with E-state index in [4.69, 9.17) is 9.47 Å². The topological polar surface area (TPSA) is 55.8 Å². The van der Waals surface area contributed by atoms with Gasteiger partial charge in [-0.2, -0.15) is 0 Å². The molecule has 2 unspecified atom stereocenters. The molecule has 184 valence electrons. The molecule has 0 spiro atoms. The van der Waals surface area contributed by atoms with Crippen molar-refractivity contribution in [1.82, 2.24) is 4.90 Å². The Kier molecular flexibility index (Phi) is 6.22. The van der Waals surface area contributed by atoms with Crippen LogP contribution in [0.25, 0.3) is 11.1 Å². The van der Waals surface area contributed by atoms with Gasteiger partial charge in [0.25, 0.3) is 0 Å². The maximum Gasteiger partial charge on any atom is 0.410 e. The van der Waals surface area contributed by atoms with Gasteiger partial charge in [0, 0.05) is 30.3 Å². The third kappa shape index (κ3) is 4.27. The van der Waals surface area contributed by atoms with E-state index < -0.39 is 0 Å². The molecule has 6 rings (SSSR count). The van der Waals surface area contributed by atoms with Crippen LogP contribution in [0.2, 0.25) is 0 Å². The molecule has 2 aliphatic heterocycles. The first-order valence-corrected chi connectivity index (χ1v) is 13.0. The zero-order valence-electron chi connectivity index (χ0n) is 20.3. The number of amides is 1. The molecular formula is C31H31NO4. The molecule has 3 aromatic rings. The molecular weight excluding hydrogens is 450 g/mol. The molecule has 2 bridgehead atoms. The molecule has 5 nitrogen and oxygen atoms in total. The summed E-state index contributed by atoms with van der Waals surface area (Å²) < 4.78 is 11.7. The number of carbonyl (C=O) groups is 2. The van der Waals surface area contributed by atoms with E-state index in [1.54, 1.807) is 0 Å². The van der Waals surface area contributed by atoms with Crippen LogP contribution in [0.3, 0.4) is 0 Å². The quantitative estimate of drug-likeness (QED) is 0.402. The first kappa shape index (κ1) is 22.8. The van der Waals surface area contributed by atoms with Gasteiger partial charge in [0.15, 0.2) is 0 Å². The average Bonchev–Trinajstić information content (AvgIpc) is 3.38. The lowest BCUT2D eigenvalue weighted by Crippen LogP contribution is -2.48. The van der Waals surface area contributed by atoms with Crippen LogP contribution in [-0.4, -0.2) is 42.1 Å². The molecule has 1 aliphatic carbocycles. The number of hydrogen-bond acceptors (Lipinski definition) is 4. The number of benzene rings is 3. The van der Waals surface area contributed by atoms with Crippen molar-refractivity contribution in [3.63, 3.8) is 0 Å². The molecule has 0 aromatic heterocycles. The van der Waals surface area contributed by atoms with E-state index in [1.807, 2.05) is 47.4 Å². The van der Waals surface area contributed by atoms with Crippen LogP contribution in [0.4, 0.5) is 4.79 Å². The number of piperidine rings is 1. The summed E-state index contributed by atoms with van der Waals surface area (Å²) in [6.45, 7) is 0.729. The lowest BCUT2D eigenvalue weighted by molar-refractivity contribution is -0.125. The smallest absolute Gasteiger partial charge is 0.410 e. The Morgan fingerprint density at radius 2 is 1.36 bits per heavy atom. The van der Waals surface area contributed by atoms with Gasteiger partial charge in [-0.25, -0.2) is 4.79 Å². The molecule has 2 heterocycles. The lowest BCUT2D eigenvalue weighted by atomic mass is 9.86. The van der Waals surface area contributed by atoms with E-state index in [0.717, 1.165) is 31.4 Å². The Morgan fingerprint density at radius 3 is 2.00 bits per heavy atom. The number of nitrogens with zero attached hydrogens (tertiary/aromatic N) is 1. The number of fused-ring (bicyclic) bond motifs is 5. The second-order valence-corrected chi connectivity index (χ2v) is 10.1. The number of para-hydroxylation sites is 1. The highest BCUT2D eigenvalue weighted by Gasteiger charge is 2.46. The fourth-order valence-electron chi connectivity index (χ4n) is 6.40. The highest BCUT2D eigenvalue weighted by Crippen LogP contribution is 2.45. The number of carbonyl (C=O) groups excluding carboxylic acids is 2. The van der Waals surface area contributed by atoms with Gasteiger partial charge < -0.3 is 14.4 Å². The molecule has 36 heavy (non-hydrogen) atoms. The van der Waals surface area contributed by atoms with Gasteiger partial charge in [-0.15, -0.1) is 0 Å². The van der Waals surface area contributed by atoms with Crippen molar-refractivity contribution in [2.75, 3.05) is 13.2 Å². The minimum Gasteiger partial charge on any atom is -0.493 e. The summed E-state index contributed by atoms with van der Waals surface area (Å²) in [5, 5.41) is 0. The minimum absolute atomic E-state index is 0.000454. The van der Waals surface area contributed by atoms with E-state index in [2.05, 4.69) is 36.4 Å². The third-order valence-corrected chi connectivity index (χ3v) is 8.10. The zero-order valence-corrected chi connectivity index (χ0v) is 20.3. The Labute approximate surface area is 212 Å². The molecule has 2 fully saturated rings. The van der Waals surface area contributed by atoms with Crippen LogP contribution in [0.1, 0.15) is 49.1 Å². The van der Waals surface area contributed by atoms with Crippen molar-refractivity contribution in [1.29, 1.82) is 0 Å². The van der Waals surface area contributed by atoms with Crippen molar-refractivity contribution in [2.24, 2.45) is 5.92 Å². The molecule has 3 aromatic carbocycles. The Bertz CT molecular complexity index is 1200. The Balaban J connectivity index is 1.05. The second-order valence-electron chi connectivity index (χ2n) is 10.1. The minimum atomic E-state index is -0.234. The largest absolute Gasteiger partial charge is 0.493 e. The standard InChI is InChI=1S/C31H31NO4/c33-30(16-17-35-24-8-2-1-3-9-24)21-18-22-14-15-23(19-21)32(22)31(34)36-20-29-27-12-6-4-10-25(27)26-11-5-7-13-28(26)29/h1-13,21-23,29H,14-20H2. The molecule has 5 heteroatoms. The first-order valence-electron chi connectivity index (χ1n) is 13.0. The van der Waals surface area contributed by atoms with E-state index in [0.29, 0.717) is 19.6 Å². The zero-order chi connectivity index (χ0) is 24.5. The molecule has 3 aliphatic rings. The van der Waals surface area contributed by atoms with Gasteiger partial charge in [-0.3, -0.25) is 4.79 Å². The lowest BCUT2D eigenvalue weighted by Gasteiger charge is -2.37. The van der Waals surface area contributed by atoms with E-state index in [9.17, 15) is 9.59 Å². The predicted molar refractivity (Wildman–Crippen MR) is 138 cm³/mol. The molecule has 0 radical (unpaired) electrons. The fourth-order valence-corrected chi connectivity index (χ4v) is 6.40. The predicted octanol–water partition coefficient (Wildman–Crippen LogP) is 6.22. The number of ether oxygens (including phenoxy) is 2. The SMILES string of the molecule is O=C(CCOc1ccccc1)C1CC2CCC(C1)N2C(=O)OCC1c2ccccc2-c2ccccc21. The van der Waals surface area contributed by atoms with Gasteiger partial charge in [0.05, 0.1) is 6.61 Å². The average molecular weight is 482 g/mol. The van der Waals surface area contributed by atoms with Crippen molar-refractivity contribution in [3.8, 4) is 16.9 Å². The highest BCUT2D eigenvalue weighted by molar-refractivity contribution is 5.82. The van der Waals surface area contributed by atoms with Gasteiger partial charge >= 0.3 is 6.09 Å². The number of rotatable bonds is 7. The maximum absolute atomic E-state index is 13.2. The van der Waals surface area contributed by atoms with Gasteiger partial charge in [0.2, 0.25) is 0 Å². The summed E-state index contributed by atoms with van der Waals surface area (Å²) in [5.74, 6) is 1.09. The molecule has 1 amide bonds. The number of ketones is 1. The number of Topliss-reactive ketones (excluding diaryl/α,β-unsaturated/α-hetero) is 1. The van der Waals surface area contributed by atoms with Gasteiger partial charge in [-0.05, 0) is 60.1 Å². The van der Waals surface area contributed by atoms with Crippen LogP contribution in [0, 0.1) is 5.92 Å². The summed E-state index contributed by atoms with van der Waals surface area (Å²) in [6.07, 6.45) is 3.51. The summed E-state index contributed by atoms with van der Waals surface area (Å²) >= 11 is 0. The van der Waals surface area contributed by atoms with E-state index in [1.165, 1.54) is 22.3 Å². The van der Waals surface area contributed by atoms with Crippen LogP contribution in [-0.2, 0) is 9.53 Å². The van der Waals surface area contributed by atoms with E-state index in [-0.39, 0.29) is 35.8 Å². The van der Waals surface area contributed by atoms with Crippen molar-refractivity contribution in [2.45, 2.75) is 50.1 Å². The van der Waals surface area contributed by atoms with Crippen molar-refractivity contribution < 1.29 is 19.1 Å². The molecule has 0 saturated carbocycles. The normalized spacial score (nSPS) is 22.1. The first-order chi connectivity index (χ1) is 17.7. The van der Waals surface area contributed by atoms with Crippen LogP contribution >= 0.6 is 0 Å². The summed E-state index contributed by atoms with van der Waals surface area (Å²) in [7, 11) is 0. The molecule has 2 saturated heterocycles. The van der Waals surface area contributed by atoms with E-state index >= 15 is 0 Å². The monoisotopic (exact) mass is 481 g/mol. The molecule has 0 N–H and O–H groups in total. The van der Waals surface area contributed by atoms with Gasteiger partial charge in [-0.1, -0.05) is 66.7 Å². The van der Waals surface area contributed by atoms with Crippen LogP contribution in [0.5, 0.6) is 5.75 Å². The second kappa shape index (κ2) is 9.81. The van der Waals surface area contributed by atoms with Gasteiger partial charge in [0.1, 0.15) is 18.1 Å². The maximum atomic E-state index is 13.2. The Hall–Kier alpha value is -3.60. The van der Waals surface area contributed by atoms with Crippen LogP contribution in [0.15, 0.2) is 78.9 Å². The summed E-state index contributed by atoms with van der Waals surface area (Å²) in [4.78, 5) is 28.1. The summed E-state index contributed by atoms with van der Waals surface area (Å²) in [5.41, 5.74) is 4.89.